The number of methoxy groups -OCH3 is 1. The number of hydrogen-bond donors (Lipinski definition) is 1. The molecule has 1 aliphatic heterocycles. The van der Waals surface area contributed by atoms with E-state index in [-0.39, 0.29) is 0 Å². The Hall–Kier alpha value is -1.26. The Bertz CT molecular complexity index is 458. The summed E-state index contributed by atoms with van der Waals surface area (Å²) in [6.07, 6.45) is 5.39. The molecule has 1 aromatic rings. The lowest BCUT2D eigenvalue weighted by molar-refractivity contribution is 0.0513. The third kappa shape index (κ3) is 3.16. The zero-order chi connectivity index (χ0) is 14.5. The summed E-state index contributed by atoms with van der Waals surface area (Å²) in [4.78, 5) is 2.64. The molecule has 1 spiro atoms. The van der Waals surface area contributed by atoms with Gasteiger partial charge in [0.1, 0.15) is 6.61 Å². The highest BCUT2D eigenvalue weighted by molar-refractivity contribution is 5.39. The SMILES string of the molecule is COc1ccccc1OCCN1CCNCC12CCCC2. The number of para-hydroxylation sites is 2. The molecule has 0 aromatic heterocycles. The Morgan fingerprint density at radius 1 is 1.19 bits per heavy atom. The second kappa shape index (κ2) is 6.67. The number of nitrogens with one attached hydrogen (secondary N) is 1. The monoisotopic (exact) mass is 290 g/mol. The molecule has 3 rings (SSSR count). The van der Waals surface area contributed by atoms with E-state index in [1.807, 2.05) is 24.3 Å². The van der Waals surface area contributed by atoms with E-state index in [2.05, 4.69) is 10.2 Å². The van der Waals surface area contributed by atoms with Gasteiger partial charge in [-0.15, -0.1) is 0 Å². The number of rotatable bonds is 5. The Labute approximate surface area is 127 Å². The summed E-state index contributed by atoms with van der Waals surface area (Å²) in [6.45, 7) is 5.09. The van der Waals surface area contributed by atoms with E-state index >= 15 is 0 Å². The standard InChI is InChI=1S/C17H26N2O2/c1-20-15-6-2-3-7-16(15)21-13-12-19-11-10-18-14-17(19)8-4-5-9-17/h2-3,6-7,18H,4-5,8-14H2,1H3. The Morgan fingerprint density at radius 3 is 2.71 bits per heavy atom. The van der Waals surface area contributed by atoms with Crippen molar-refractivity contribution in [1.82, 2.24) is 10.2 Å². The molecule has 0 radical (unpaired) electrons. The average Bonchev–Trinajstić information content (AvgIpc) is 2.99. The lowest BCUT2D eigenvalue weighted by Crippen LogP contribution is -2.60. The predicted octanol–water partition coefficient (Wildman–Crippen LogP) is 2.29. The van der Waals surface area contributed by atoms with Crippen molar-refractivity contribution in [3.63, 3.8) is 0 Å². The molecule has 0 amide bonds. The maximum atomic E-state index is 5.95. The van der Waals surface area contributed by atoms with Gasteiger partial charge in [-0.3, -0.25) is 4.90 Å². The van der Waals surface area contributed by atoms with Gasteiger partial charge in [-0.05, 0) is 25.0 Å². The molecule has 1 saturated carbocycles. The number of ether oxygens (including phenoxy) is 2. The lowest BCUT2D eigenvalue weighted by Gasteiger charge is -2.45. The van der Waals surface area contributed by atoms with Gasteiger partial charge >= 0.3 is 0 Å². The molecule has 2 aliphatic rings. The normalized spacial score (nSPS) is 21.6. The largest absolute Gasteiger partial charge is 0.493 e. The van der Waals surface area contributed by atoms with Gasteiger partial charge in [-0.2, -0.15) is 0 Å². The molecule has 1 N–H and O–H groups in total. The van der Waals surface area contributed by atoms with Gasteiger partial charge in [-0.25, -0.2) is 0 Å². The van der Waals surface area contributed by atoms with E-state index in [0.29, 0.717) is 5.54 Å². The number of piperazine rings is 1. The summed E-state index contributed by atoms with van der Waals surface area (Å²) >= 11 is 0. The molecule has 0 atom stereocenters. The second-order valence-electron chi connectivity index (χ2n) is 6.09. The first-order chi connectivity index (χ1) is 10.3. The minimum Gasteiger partial charge on any atom is -0.493 e. The molecule has 21 heavy (non-hydrogen) atoms. The predicted molar refractivity (Wildman–Crippen MR) is 84.1 cm³/mol. The van der Waals surface area contributed by atoms with E-state index in [1.54, 1.807) is 7.11 Å². The molecule has 1 heterocycles. The molecular weight excluding hydrogens is 264 g/mol. The van der Waals surface area contributed by atoms with Crippen LogP contribution >= 0.6 is 0 Å². The van der Waals surface area contributed by atoms with Crippen LogP contribution in [0.1, 0.15) is 25.7 Å². The van der Waals surface area contributed by atoms with Gasteiger partial charge in [0, 0.05) is 31.7 Å². The number of nitrogens with zero attached hydrogens (tertiary/aromatic N) is 1. The quantitative estimate of drug-likeness (QED) is 0.902. The minimum atomic E-state index is 0.391. The van der Waals surface area contributed by atoms with Crippen LogP contribution in [0, 0.1) is 0 Å². The molecule has 1 saturated heterocycles. The van der Waals surface area contributed by atoms with Gasteiger partial charge in [0.05, 0.1) is 7.11 Å². The molecule has 1 aliphatic carbocycles. The fourth-order valence-electron chi connectivity index (χ4n) is 3.76. The number of hydrogen-bond acceptors (Lipinski definition) is 4. The second-order valence-corrected chi connectivity index (χ2v) is 6.09. The Balaban J connectivity index is 1.56. The highest BCUT2D eigenvalue weighted by atomic mass is 16.5. The van der Waals surface area contributed by atoms with Crippen LogP contribution in [0.5, 0.6) is 11.5 Å². The van der Waals surface area contributed by atoms with Crippen molar-refractivity contribution >= 4 is 0 Å². The van der Waals surface area contributed by atoms with Crippen molar-refractivity contribution < 1.29 is 9.47 Å². The molecule has 0 unspecified atom stereocenters. The van der Waals surface area contributed by atoms with Gasteiger partial charge in [0.15, 0.2) is 11.5 Å². The van der Waals surface area contributed by atoms with E-state index in [4.69, 9.17) is 9.47 Å². The van der Waals surface area contributed by atoms with Crippen molar-refractivity contribution in [3.05, 3.63) is 24.3 Å². The van der Waals surface area contributed by atoms with Crippen LogP contribution in [0.3, 0.4) is 0 Å². The zero-order valence-electron chi connectivity index (χ0n) is 12.9. The van der Waals surface area contributed by atoms with Crippen molar-refractivity contribution in [2.75, 3.05) is 39.9 Å². The van der Waals surface area contributed by atoms with Gasteiger partial charge in [-0.1, -0.05) is 25.0 Å². The van der Waals surface area contributed by atoms with Gasteiger partial charge < -0.3 is 14.8 Å². The maximum absolute atomic E-state index is 5.95. The van der Waals surface area contributed by atoms with E-state index in [0.717, 1.165) is 44.3 Å². The molecule has 1 aromatic carbocycles. The smallest absolute Gasteiger partial charge is 0.161 e. The van der Waals surface area contributed by atoms with Gasteiger partial charge in [0.2, 0.25) is 0 Å². The van der Waals surface area contributed by atoms with Crippen molar-refractivity contribution in [3.8, 4) is 11.5 Å². The van der Waals surface area contributed by atoms with Crippen molar-refractivity contribution in [2.45, 2.75) is 31.2 Å². The minimum absolute atomic E-state index is 0.391. The van der Waals surface area contributed by atoms with Crippen LogP contribution in [0.25, 0.3) is 0 Å². The van der Waals surface area contributed by atoms with Crippen molar-refractivity contribution in [1.29, 1.82) is 0 Å². The van der Waals surface area contributed by atoms with Crippen LogP contribution < -0.4 is 14.8 Å². The summed E-state index contributed by atoms with van der Waals surface area (Å²) in [6, 6.07) is 7.87. The van der Waals surface area contributed by atoms with Gasteiger partial charge in [0.25, 0.3) is 0 Å². The summed E-state index contributed by atoms with van der Waals surface area (Å²) in [5.41, 5.74) is 0.391. The maximum Gasteiger partial charge on any atom is 0.161 e. The first-order valence-corrected chi connectivity index (χ1v) is 8.06. The summed E-state index contributed by atoms with van der Waals surface area (Å²) in [5.74, 6) is 1.66. The number of benzene rings is 1. The van der Waals surface area contributed by atoms with Crippen LogP contribution in [-0.4, -0.2) is 50.3 Å². The first kappa shape index (κ1) is 14.7. The lowest BCUT2D eigenvalue weighted by atomic mass is 9.93. The topological polar surface area (TPSA) is 33.7 Å². The molecule has 2 fully saturated rings. The molecule has 116 valence electrons. The van der Waals surface area contributed by atoms with Crippen LogP contribution in [0.4, 0.5) is 0 Å². The third-order valence-electron chi connectivity index (χ3n) is 4.91. The van der Waals surface area contributed by atoms with Crippen LogP contribution in [0.2, 0.25) is 0 Å². The summed E-state index contributed by atoms with van der Waals surface area (Å²) in [5, 5.41) is 3.57. The molecule has 4 heteroatoms. The highest BCUT2D eigenvalue weighted by Crippen LogP contribution is 2.36. The Morgan fingerprint density at radius 2 is 1.95 bits per heavy atom. The van der Waals surface area contributed by atoms with Crippen LogP contribution in [0.15, 0.2) is 24.3 Å². The summed E-state index contributed by atoms with van der Waals surface area (Å²) in [7, 11) is 1.69. The summed E-state index contributed by atoms with van der Waals surface area (Å²) < 4.78 is 11.3. The average molecular weight is 290 g/mol. The fourth-order valence-corrected chi connectivity index (χ4v) is 3.76. The third-order valence-corrected chi connectivity index (χ3v) is 4.91. The fraction of sp³-hybridized carbons (Fsp3) is 0.647. The molecule has 4 nitrogen and oxygen atoms in total. The Kier molecular flexibility index (Phi) is 4.66. The van der Waals surface area contributed by atoms with Crippen LogP contribution in [-0.2, 0) is 0 Å². The van der Waals surface area contributed by atoms with E-state index < -0.39 is 0 Å². The van der Waals surface area contributed by atoms with Crippen molar-refractivity contribution in [2.24, 2.45) is 0 Å². The highest BCUT2D eigenvalue weighted by Gasteiger charge is 2.40. The first-order valence-electron chi connectivity index (χ1n) is 8.06. The van der Waals surface area contributed by atoms with E-state index in [9.17, 15) is 0 Å². The molecular formula is C17H26N2O2. The zero-order valence-corrected chi connectivity index (χ0v) is 12.9. The molecule has 0 bridgehead atoms. The van der Waals surface area contributed by atoms with E-state index in [1.165, 1.54) is 25.7 Å².